The summed E-state index contributed by atoms with van der Waals surface area (Å²) in [5.74, 6) is -0.866. The molecule has 6 nitrogen and oxygen atoms in total. The molecular formula is C76H136O6. The molecule has 0 aromatic carbocycles. The van der Waals surface area contributed by atoms with E-state index in [1.54, 1.807) is 0 Å². The van der Waals surface area contributed by atoms with Crippen molar-refractivity contribution < 1.29 is 28.6 Å². The smallest absolute Gasteiger partial charge is 0.306 e. The lowest BCUT2D eigenvalue weighted by Gasteiger charge is -2.18. The average Bonchev–Trinajstić information content (AvgIpc) is 3.47. The molecule has 0 saturated carbocycles. The van der Waals surface area contributed by atoms with E-state index < -0.39 is 6.10 Å². The molecule has 82 heavy (non-hydrogen) atoms. The SMILES string of the molecule is CC/C=C\C/C=C\C/C=C\C/C=C\C/C=C\CCCCCCCCCCCCCC(=O)OC(COC(=O)CCCCCCCC)COC(=O)CCCCCCCCCCCCCCCCCCCCC/C=C\CCCCCCCCCC. The third-order valence-corrected chi connectivity index (χ3v) is 15.9. The Morgan fingerprint density at radius 1 is 0.256 bits per heavy atom. The molecule has 0 rings (SSSR count). The summed E-state index contributed by atoms with van der Waals surface area (Å²) in [5, 5.41) is 0. The fraction of sp³-hybridized carbons (Fsp3) is 0.803. The minimum atomic E-state index is -0.773. The molecule has 0 bridgehead atoms. The first kappa shape index (κ1) is 78.8. The molecule has 0 spiro atoms. The van der Waals surface area contributed by atoms with Gasteiger partial charge in [-0.15, -0.1) is 0 Å². The number of rotatable bonds is 66. The first-order chi connectivity index (χ1) is 40.5. The molecule has 0 saturated heterocycles. The molecular weight excluding hydrogens is 1010 g/mol. The van der Waals surface area contributed by atoms with Gasteiger partial charge in [0.1, 0.15) is 13.2 Å². The molecule has 0 aromatic heterocycles. The van der Waals surface area contributed by atoms with Crippen LogP contribution in [0.5, 0.6) is 0 Å². The first-order valence-corrected chi connectivity index (χ1v) is 35.9. The monoisotopic (exact) mass is 1150 g/mol. The van der Waals surface area contributed by atoms with E-state index in [-0.39, 0.29) is 31.1 Å². The summed E-state index contributed by atoms with van der Waals surface area (Å²) in [6, 6.07) is 0. The summed E-state index contributed by atoms with van der Waals surface area (Å²) >= 11 is 0. The second-order valence-corrected chi connectivity index (χ2v) is 24.1. The maximum atomic E-state index is 12.9. The second-order valence-electron chi connectivity index (χ2n) is 24.1. The van der Waals surface area contributed by atoms with Gasteiger partial charge in [0.15, 0.2) is 6.10 Å². The van der Waals surface area contributed by atoms with E-state index in [2.05, 4.69) is 93.7 Å². The molecule has 1 unspecified atom stereocenters. The fourth-order valence-corrected chi connectivity index (χ4v) is 10.6. The van der Waals surface area contributed by atoms with Crippen LogP contribution in [0, 0.1) is 0 Å². The normalized spacial score (nSPS) is 12.5. The lowest BCUT2D eigenvalue weighted by Crippen LogP contribution is -2.30. The molecule has 6 heteroatoms. The topological polar surface area (TPSA) is 78.9 Å². The standard InChI is InChI=1S/C76H136O6/c1-4-7-10-13-16-18-20-22-24-26-28-30-32-34-36-37-38-39-41-42-44-46-48-50-52-54-56-58-60-63-66-69-75(78)81-72-73(71-80-74(77)68-65-62-15-12-9-6-3)82-76(79)70-67-64-61-59-57-55-53-51-49-47-45-43-40-35-33-31-29-27-25-23-21-19-17-14-11-8-5-2/h8,11,17,19,23,25-26,28-29,31,35,40,73H,4-7,9-10,12-16,18,20-22,24,27,30,32-34,36-39,41-72H2,1-3H3/b11-8-,19-17-,25-23-,28-26-,31-29-,40-35-. The predicted octanol–water partition coefficient (Wildman–Crippen LogP) is 24.8. The Labute approximate surface area is 510 Å². The zero-order chi connectivity index (χ0) is 59.2. The minimum absolute atomic E-state index is 0.0722. The molecule has 0 N–H and O–H groups in total. The van der Waals surface area contributed by atoms with Gasteiger partial charge in [0.2, 0.25) is 0 Å². The van der Waals surface area contributed by atoms with Crippen LogP contribution < -0.4 is 0 Å². The van der Waals surface area contributed by atoms with Gasteiger partial charge in [-0.25, -0.2) is 0 Å². The van der Waals surface area contributed by atoms with Gasteiger partial charge in [0, 0.05) is 19.3 Å². The predicted molar refractivity (Wildman–Crippen MR) is 358 cm³/mol. The van der Waals surface area contributed by atoms with E-state index in [9.17, 15) is 14.4 Å². The van der Waals surface area contributed by atoms with Gasteiger partial charge < -0.3 is 14.2 Å². The Bertz CT molecular complexity index is 1500. The summed E-state index contributed by atoms with van der Waals surface area (Å²) in [5.41, 5.74) is 0. The Hall–Kier alpha value is -3.15. The van der Waals surface area contributed by atoms with Gasteiger partial charge in [-0.3, -0.25) is 14.4 Å². The number of hydrogen-bond acceptors (Lipinski definition) is 6. The Balaban J connectivity index is 3.99. The summed E-state index contributed by atoms with van der Waals surface area (Å²) in [6.45, 7) is 6.51. The maximum absolute atomic E-state index is 12.9. The largest absolute Gasteiger partial charge is 0.462 e. The number of unbranched alkanes of at least 4 members (excludes halogenated alkanes) is 43. The number of carbonyl (C=O) groups excluding carboxylic acids is 3. The third kappa shape index (κ3) is 67.6. The quantitative estimate of drug-likeness (QED) is 0.0261. The van der Waals surface area contributed by atoms with Crippen molar-refractivity contribution >= 4 is 17.9 Å². The van der Waals surface area contributed by atoms with Crippen molar-refractivity contribution in [2.75, 3.05) is 13.2 Å². The highest BCUT2D eigenvalue weighted by Crippen LogP contribution is 2.18. The summed E-state index contributed by atoms with van der Waals surface area (Å²) < 4.78 is 16.9. The zero-order valence-corrected chi connectivity index (χ0v) is 54.8. The molecule has 0 aromatic rings. The van der Waals surface area contributed by atoms with E-state index in [1.807, 2.05) is 0 Å². The van der Waals surface area contributed by atoms with E-state index in [1.165, 1.54) is 244 Å². The van der Waals surface area contributed by atoms with Crippen LogP contribution in [0.15, 0.2) is 72.9 Å². The van der Waals surface area contributed by atoms with Gasteiger partial charge in [-0.2, -0.15) is 0 Å². The Kier molecular flexibility index (Phi) is 67.6. The van der Waals surface area contributed by atoms with Gasteiger partial charge in [-0.05, 0) is 89.9 Å². The van der Waals surface area contributed by atoms with Crippen molar-refractivity contribution in [3.8, 4) is 0 Å². The van der Waals surface area contributed by atoms with E-state index in [4.69, 9.17) is 14.2 Å². The summed E-state index contributed by atoms with van der Waals surface area (Å²) in [6.07, 6.45) is 92.7. The van der Waals surface area contributed by atoms with E-state index >= 15 is 0 Å². The Morgan fingerprint density at radius 2 is 0.476 bits per heavy atom. The number of carbonyl (C=O) groups is 3. The molecule has 0 aliphatic heterocycles. The number of esters is 3. The Morgan fingerprint density at radius 3 is 0.756 bits per heavy atom. The van der Waals surface area contributed by atoms with Gasteiger partial charge in [0.05, 0.1) is 0 Å². The van der Waals surface area contributed by atoms with Crippen LogP contribution >= 0.6 is 0 Å². The third-order valence-electron chi connectivity index (χ3n) is 15.9. The lowest BCUT2D eigenvalue weighted by atomic mass is 10.0. The molecule has 0 amide bonds. The molecule has 1 atom stereocenters. The van der Waals surface area contributed by atoms with Gasteiger partial charge in [-0.1, -0.05) is 338 Å². The second kappa shape index (κ2) is 70.3. The van der Waals surface area contributed by atoms with Crippen LogP contribution in [0.3, 0.4) is 0 Å². The number of allylic oxidation sites excluding steroid dienone is 12. The van der Waals surface area contributed by atoms with Crippen LogP contribution in [-0.4, -0.2) is 37.2 Å². The van der Waals surface area contributed by atoms with Crippen LogP contribution in [0.1, 0.15) is 374 Å². The van der Waals surface area contributed by atoms with Gasteiger partial charge >= 0.3 is 17.9 Å². The van der Waals surface area contributed by atoms with Gasteiger partial charge in [0.25, 0.3) is 0 Å². The van der Waals surface area contributed by atoms with Crippen molar-refractivity contribution in [3.05, 3.63) is 72.9 Å². The highest BCUT2D eigenvalue weighted by atomic mass is 16.6. The highest BCUT2D eigenvalue weighted by molar-refractivity contribution is 5.71. The van der Waals surface area contributed by atoms with Crippen molar-refractivity contribution in [3.63, 3.8) is 0 Å². The molecule has 0 radical (unpaired) electrons. The summed E-state index contributed by atoms with van der Waals surface area (Å²) in [4.78, 5) is 38.1. The summed E-state index contributed by atoms with van der Waals surface area (Å²) in [7, 11) is 0. The number of hydrogen-bond donors (Lipinski definition) is 0. The van der Waals surface area contributed by atoms with Crippen molar-refractivity contribution in [1.29, 1.82) is 0 Å². The molecule has 0 fully saturated rings. The highest BCUT2D eigenvalue weighted by Gasteiger charge is 2.19. The van der Waals surface area contributed by atoms with E-state index in [0.717, 1.165) is 89.9 Å². The average molecular weight is 1150 g/mol. The lowest BCUT2D eigenvalue weighted by molar-refractivity contribution is -0.167. The molecule has 476 valence electrons. The van der Waals surface area contributed by atoms with Crippen molar-refractivity contribution in [2.24, 2.45) is 0 Å². The first-order valence-electron chi connectivity index (χ1n) is 35.9. The molecule has 0 heterocycles. The van der Waals surface area contributed by atoms with Crippen molar-refractivity contribution in [2.45, 2.75) is 380 Å². The van der Waals surface area contributed by atoms with Crippen LogP contribution in [0.4, 0.5) is 0 Å². The molecule has 0 aliphatic rings. The fourth-order valence-electron chi connectivity index (χ4n) is 10.6. The molecule has 0 aliphatic carbocycles. The minimum Gasteiger partial charge on any atom is -0.462 e. The number of ether oxygens (including phenoxy) is 3. The van der Waals surface area contributed by atoms with Crippen LogP contribution in [0.2, 0.25) is 0 Å². The van der Waals surface area contributed by atoms with Crippen LogP contribution in [-0.2, 0) is 28.6 Å². The van der Waals surface area contributed by atoms with Crippen molar-refractivity contribution in [1.82, 2.24) is 0 Å². The maximum Gasteiger partial charge on any atom is 0.306 e. The van der Waals surface area contributed by atoms with Crippen LogP contribution in [0.25, 0.3) is 0 Å². The van der Waals surface area contributed by atoms with E-state index in [0.29, 0.717) is 19.3 Å². The zero-order valence-electron chi connectivity index (χ0n) is 54.8.